The molecule has 166 valence electrons. The highest BCUT2D eigenvalue weighted by atomic mass is 16.3. The second-order valence-corrected chi connectivity index (χ2v) is 12.3. The van der Waals surface area contributed by atoms with Crippen molar-refractivity contribution in [1.82, 2.24) is 0 Å². The molecule has 8 atom stereocenters. The third-order valence-corrected chi connectivity index (χ3v) is 10.5. The number of aliphatic hydroxyl groups is 1. The van der Waals surface area contributed by atoms with Gasteiger partial charge in [-0.25, -0.2) is 0 Å². The quantitative estimate of drug-likeness (QED) is 0.465. The van der Waals surface area contributed by atoms with E-state index in [0.717, 1.165) is 54.4 Å². The van der Waals surface area contributed by atoms with Gasteiger partial charge in [0.25, 0.3) is 0 Å². The largest absolute Gasteiger partial charge is 0.389 e. The van der Waals surface area contributed by atoms with E-state index in [1.54, 1.807) is 0 Å². The van der Waals surface area contributed by atoms with Crippen molar-refractivity contribution in [3.8, 4) is 0 Å². The van der Waals surface area contributed by atoms with Crippen molar-refractivity contribution in [1.29, 1.82) is 0 Å². The lowest BCUT2D eigenvalue weighted by Gasteiger charge is -2.59. The van der Waals surface area contributed by atoms with Crippen molar-refractivity contribution < 1.29 is 9.22 Å². The lowest BCUT2D eigenvalue weighted by atomic mass is 9.46. The van der Waals surface area contributed by atoms with E-state index in [1.165, 1.54) is 44.9 Å². The van der Waals surface area contributed by atoms with Gasteiger partial charge in [-0.2, -0.15) is 0 Å². The molecule has 0 aromatic carbocycles. The molecule has 0 unspecified atom stereocenters. The van der Waals surface area contributed by atoms with Crippen LogP contribution in [0.5, 0.6) is 0 Å². The van der Waals surface area contributed by atoms with Crippen molar-refractivity contribution in [3.63, 3.8) is 0 Å². The molecule has 1 heteroatoms. The molecule has 0 aliphatic heterocycles. The molecule has 0 heterocycles. The Labute approximate surface area is 185 Å². The molecule has 3 saturated carbocycles. The molecule has 4 aliphatic rings. The van der Waals surface area contributed by atoms with Crippen LogP contribution in [-0.4, -0.2) is 11.2 Å². The van der Waals surface area contributed by atoms with Crippen LogP contribution in [0.4, 0.5) is 0 Å². The lowest BCUT2D eigenvalue weighted by Crippen LogP contribution is -2.51. The molecule has 0 aromatic heterocycles. The normalized spacial score (nSPS) is 47.7. The molecule has 1 nitrogen and oxygen atoms in total. The summed E-state index contributed by atoms with van der Waals surface area (Å²) in [7, 11) is 0. The maximum absolute atomic E-state index is 10.6. The first-order valence-electron chi connectivity index (χ1n) is 14.3. The number of fused-ring (bicyclic) bond motifs is 5. The zero-order valence-corrected chi connectivity index (χ0v) is 19.8. The van der Waals surface area contributed by atoms with Gasteiger partial charge in [-0.1, -0.05) is 59.5 Å². The summed E-state index contributed by atoms with van der Waals surface area (Å²) in [6, 6.07) is 0. The predicted octanol–water partition coefficient (Wildman–Crippen LogP) is 7.78. The summed E-state index contributed by atoms with van der Waals surface area (Å²) in [5.41, 5.74) is 1.99. The van der Waals surface area contributed by atoms with Gasteiger partial charge in [0.1, 0.15) is 0 Å². The molecule has 0 spiro atoms. The van der Waals surface area contributed by atoms with Gasteiger partial charge < -0.3 is 5.11 Å². The Hall–Kier alpha value is -0.300. The van der Waals surface area contributed by atoms with E-state index in [1.807, 2.05) is 0 Å². The van der Waals surface area contributed by atoms with Gasteiger partial charge in [0.15, 0.2) is 0 Å². The molecule has 3 fully saturated rings. The van der Waals surface area contributed by atoms with E-state index in [-0.39, 0.29) is 5.41 Å². The van der Waals surface area contributed by atoms with Crippen molar-refractivity contribution in [3.05, 3.63) is 11.1 Å². The average Bonchev–Trinajstić information content (AvgIpc) is 3.04. The highest BCUT2D eigenvalue weighted by Crippen LogP contribution is 2.68. The third-order valence-electron chi connectivity index (χ3n) is 10.5. The summed E-state index contributed by atoms with van der Waals surface area (Å²) in [6.07, 6.45) is 12.3. The summed E-state index contributed by atoms with van der Waals surface area (Å²) in [6.45, 7) is 10.0. The van der Waals surface area contributed by atoms with Gasteiger partial charge in [0.05, 0.1) is 6.10 Å². The van der Waals surface area contributed by atoms with Gasteiger partial charge in [-0.05, 0) is 110 Å². The van der Waals surface area contributed by atoms with Gasteiger partial charge >= 0.3 is 0 Å². The second-order valence-electron chi connectivity index (χ2n) is 12.3. The maximum atomic E-state index is 10.6. The van der Waals surface area contributed by atoms with Gasteiger partial charge in [0, 0.05) is 4.11 Å². The van der Waals surface area contributed by atoms with E-state index in [2.05, 4.69) is 34.6 Å². The first-order chi connectivity index (χ1) is 14.9. The number of allylic oxidation sites excluding steroid dienone is 1. The van der Waals surface area contributed by atoms with Crippen LogP contribution in [0, 0.1) is 46.3 Å². The molecule has 0 amide bonds. The molecule has 0 bridgehead atoms. The Bertz CT molecular complexity index is 725. The van der Waals surface area contributed by atoms with E-state index in [0.29, 0.717) is 23.3 Å². The van der Waals surface area contributed by atoms with Crippen LogP contribution < -0.4 is 0 Å². The monoisotopic (exact) mass is 403 g/mol. The minimum absolute atomic E-state index is 0.0197. The Balaban J connectivity index is 1.56. The van der Waals surface area contributed by atoms with Gasteiger partial charge in [-0.3, -0.25) is 0 Å². The van der Waals surface area contributed by atoms with Crippen molar-refractivity contribution in [2.75, 3.05) is 0 Å². The number of rotatable bonds is 5. The van der Waals surface area contributed by atoms with Crippen LogP contribution in [0.3, 0.4) is 0 Å². The zero-order valence-electron chi connectivity index (χ0n) is 22.8. The van der Waals surface area contributed by atoms with E-state index in [4.69, 9.17) is 4.11 Å². The molecule has 0 saturated heterocycles. The van der Waals surface area contributed by atoms with Crippen LogP contribution in [0.25, 0.3) is 0 Å². The fraction of sp³-hybridized carbons (Fsp3) is 0.929. The fourth-order valence-electron chi connectivity index (χ4n) is 8.89. The van der Waals surface area contributed by atoms with Crippen molar-refractivity contribution >= 4 is 0 Å². The van der Waals surface area contributed by atoms with E-state index >= 15 is 0 Å². The fourth-order valence-corrected chi connectivity index (χ4v) is 8.89. The maximum Gasteiger partial charge on any atom is 0.0750 e. The molecular formula is C28H48O. The standard InChI is InChI=1S/C28H48O/c1-18(2)8-7-9-19(3)22-12-13-24-21-10-11-23-20(4)26(29)15-17-28(23,6)25(21)14-16-27(22,24)5/h18-19,21-22,24-26,29H,7-17H2,1-6H3/t19-,21+,22-,24+,25+,26+,27-,28+/m1/s1/i4D3. The van der Waals surface area contributed by atoms with E-state index < -0.39 is 13.0 Å². The highest BCUT2D eigenvalue weighted by molar-refractivity contribution is 5.30. The molecule has 4 aliphatic carbocycles. The lowest BCUT2D eigenvalue weighted by molar-refractivity contribution is -0.0638. The molecule has 1 N–H and O–H groups in total. The smallest absolute Gasteiger partial charge is 0.0750 e. The van der Waals surface area contributed by atoms with Gasteiger partial charge in [-0.15, -0.1) is 0 Å². The first kappa shape index (κ1) is 18.3. The molecule has 29 heavy (non-hydrogen) atoms. The highest BCUT2D eigenvalue weighted by Gasteiger charge is 2.59. The minimum atomic E-state index is -2.16. The number of hydrogen-bond acceptors (Lipinski definition) is 1. The van der Waals surface area contributed by atoms with Crippen LogP contribution in [0.1, 0.15) is 116 Å². The Morgan fingerprint density at radius 2 is 1.79 bits per heavy atom. The Morgan fingerprint density at radius 3 is 2.52 bits per heavy atom. The number of hydrogen-bond donors (Lipinski definition) is 1. The third kappa shape index (κ3) is 3.56. The molecular weight excluding hydrogens is 352 g/mol. The zero-order chi connectivity index (χ0) is 23.5. The van der Waals surface area contributed by atoms with Crippen LogP contribution in [-0.2, 0) is 0 Å². The van der Waals surface area contributed by atoms with Crippen LogP contribution in [0.2, 0.25) is 0 Å². The van der Waals surface area contributed by atoms with E-state index in [9.17, 15) is 5.11 Å². The Kier molecular flexibility index (Phi) is 5.04. The SMILES string of the molecule is [2H]C([2H])([2H])C1=C2CC[C@H]3[C@@H]4CC[C@H]([C@H](C)CCCC(C)C)[C@@]4(C)CC[C@@H]3[C@@]2(C)CC[C@@H]1O. The second kappa shape index (κ2) is 7.99. The summed E-state index contributed by atoms with van der Waals surface area (Å²) in [4.78, 5) is 0. The van der Waals surface area contributed by atoms with Crippen LogP contribution in [0.15, 0.2) is 11.1 Å². The number of aliphatic hydroxyl groups excluding tert-OH is 1. The summed E-state index contributed by atoms with van der Waals surface area (Å²) in [5.74, 6) is 4.63. The summed E-state index contributed by atoms with van der Waals surface area (Å²) in [5, 5.41) is 10.6. The Morgan fingerprint density at radius 1 is 1.00 bits per heavy atom. The van der Waals surface area contributed by atoms with Crippen LogP contribution >= 0.6 is 0 Å². The average molecular weight is 404 g/mol. The first-order valence-corrected chi connectivity index (χ1v) is 12.8. The summed E-state index contributed by atoms with van der Waals surface area (Å²) < 4.78 is 24.4. The molecule has 0 aromatic rings. The van der Waals surface area contributed by atoms with Crippen molar-refractivity contribution in [2.24, 2.45) is 46.3 Å². The summed E-state index contributed by atoms with van der Waals surface area (Å²) >= 11 is 0. The molecule has 0 radical (unpaired) electrons. The molecule has 4 rings (SSSR count). The predicted molar refractivity (Wildman–Crippen MR) is 124 cm³/mol. The van der Waals surface area contributed by atoms with Crippen molar-refractivity contribution in [2.45, 2.75) is 118 Å². The topological polar surface area (TPSA) is 20.2 Å². The minimum Gasteiger partial charge on any atom is -0.389 e. The van der Waals surface area contributed by atoms with Gasteiger partial charge in [0.2, 0.25) is 0 Å².